The summed E-state index contributed by atoms with van der Waals surface area (Å²) in [5.74, 6) is -0.643. The zero-order valence-electron chi connectivity index (χ0n) is 17.3. The molecule has 0 saturated carbocycles. The van der Waals surface area contributed by atoms with Crippen molar-refractivity contribution in [3.63, 3.8) is 0 Å². The first-order valence-electron chi connectivity index (χ1n) is 10.0. The minimum Gasteiger partial charge on any atom is -0.266 e. The Morgan fingerprint density at radius 3 is 2.59 bits per heavy atom. The van der Waals surface area contributed by atoms with Crippen LogP contribution in [0.5, 0.6) is 0 Å². The molecule has 0 spiro atoms. The second-order valence-corrected chi connectivity index (χ2v) is 10.1. The first kappa shape index (κ1) is 22.8. The molecule has 5 rings (SSSR count). The molecule has 1 N–H and O–H groups in total. The number of amides is 2. The maximum absolute atomic E-state index is 13.3. The maximum Gasteiger partial charge on any atom is 0.297 e. The Morgan fingerprint density at radius 2 is 1.82 bits per heavy atom. The van der Waals surface area contributed by atoms with Gasteiger partial charge in [-0.15, -0.1) is 11.3 Å². The van der Waals surface area contributed by atoms with Gasteiger partial charge in [0.05, 0.1) is 5.02 Å². The molecular weight excluding hydrogens is 557 g/mol. The summed E-state index contributed by atoms with van der Waals surface area (Å²) >= 11 is 17.2. The van der Waals surface area contributed by atoms with E-state index in [0.29, 0.717) is 21.8 Å². The highest BCUT2D eigenvalue weighted by molar-refractivity contribution is 9.10. The van der Waals surface area contributed by atoms with Crippen LogP contribution < -0.4 is 5.43 Å². The van der Waals surface area contributed by atoms with Crippen molar-refractivity contribution in [2.75, 3.05) is 0 Å². The number of benzene rings is 3. The number of thiophene rings is 1. The lowest BCUT2D eigenvalue weighted by atomic mass is 10.2. The molecule has 0 radical (unpaired) electrons. The van der Waals surface area contributed by atoms with Crippen molar-refractivity contribution in [2.24, 2.45) is 4.99 Å². The van der Waals surface area contributed by atoms with Crippen molar-refractivity contribution in [3.8, 4) is 0 Å². The summed E-state index contributed by atoms with van der Waals surface area (Å²) in [6.45, 7) is 0. The number of hydrogen-bond acceptors (Lipinski definition) is 4. The number of fused-ring (bicyclic) bond motifs is 1. The third-order valence-electron chi connectivity index (χ3n) is 5.05. The van der Waals surface area contributed by atoms with Gasteiger partial charge in [0.1, 0.15) is 10.6 Å². The van der Waals surface area contributed by atoms with E-state index in [1.165, 1.54) is 11.3 Å². The number of hydrazine groups is 1. The van der Waals surface area contributed by atoms with Gasteiger partial charge in [0.15, 0.2) is 5.84 Å². The molecule has 0 saturated heterocycles. The fourth-order valence-corrected chi connectivity index (χ4v) is 5.46. The normalized spacial score (nSPS) is 14.7. The number of halogens is 3. The van der Waals surface area contributed by atoms with Gasteiger partial charge in [-0.05, 0) is 42.0 Å². The van der Waals surface area contributed by atoms with Crippen molar-refractivity contribution in [1.82, 2.24) is 10.4 Å². The molecule has 2 amide bonds. The standard InChI is InChI=1S/C25H14BrCl2N3O2S/c26-16-8-4-5-14(11-16)12-19-25(33)31(23(29-19)15-6-2-1-3-7-15)30-24(32)22-21(28)18-13-17(27)9-10-20(18)34-22/h1-13H,(H,30,32)/b19-12-. The smallest absolute Gasteiger partial charge is 0.266 e. The van der Waals surface area contributed by atoms with Gasteiger partial charge in [0, 0.05) is 25.1 Å². The summed E-state index contributed by atoms with van der Waals surface area (Å²) in [7, 11) is 0. The van der Waals surface area contributed by atoms with Crippen molar-refractivity contribution in [3.05, 3.63) is 109 Å². The van der Waals surface area contributed by atoms with Gasteiger partial charge >= 0.3 is 0 Å². The topological polar surface area (TPSA) is 61.8 Å². The number of carbonyl (C=O) groups excluding carboxylic acids is 2. The number of rotatable bonds is 4. The zero-order chi connectivity index (χ0) is 23.8. The quantitative estimate of drug-likeness (QED) is 0.270. The molecule has 0 unspecified atom stereocenters. The molecule has 4 aromatic rings. The summed E-state index contributed by atoms with van der Waals surface area (Å²) in [6.07, 6.45) is 1.68. The second-order valence-electron chi connectivity index (χ2n) is 7.35. The van der Waals surface area contributed by atoms with E-state index < -0.39 is 11.8 Å². The zero-order valence-corrected chi connectivity index (χ0v) is 21.2. The molecule has 3 aromatic carbocycles. The van der Waals surface area contributed by atoms with Crippen LogP contribution in [0.25, 0.3) is 16.2 Å². The second kappa shape index (κ2) is 9.35. The molecule has 2 heterocycles. The number of nitrogens with zero attached hydrogens (tertiary/aromatic N) is 2. The fourth-order valence-electron chi connectivity index (χ4n) is 3.49. The van der Waals surface area contributed by atoms with Crippen molar-refractivity contribution in [2.45, 2.75) is 0 Å². The highest BCUT2D eigenvalue weighted by Gasteiger charge is 2.33. The first-order valence-corrected chi connectivity index (χ1v) is 12.4. The van der Waals surface area contributed by atoms with Gasteiger partial charge in [-0.25, -0.2) is 4.99 Å². The summed E-state index contributed by atoms with van der Waals surface area (Å²) in [6, 6.07) is 21.9. The lowest BCUT2D eigenvalue weighted by molar-refractivity contribution is -0.124. The van der Waals surface area contributed by atoms with Crippen LogP contribution in [0.15, 0.2) is 88.0 Å². The van der Waals surface area contributed by atoms with Crippen molar-refractivity contribution >= 4 is 84.3 Å². The lowest BCUT2D eigenvalue weighted by Crippen LogP contribution is -2.47. The summed E-state index contributed by atoms with van der Waals surface area (Å²) < 4.78 is 1.70. The van der Waals surface area contributed by atoms with Crippen LogP contribution >= 0.6 is 50.5 Å². The summed E-state index contributed by atoms with van der Waals surface area (Å²) in [5, 5.41) is 2.66. The minimum absolute atomic E-state index is 0.200. The van der Waals surface area contributed by atoms with Crippen molar-refractivity contribution < 1.29 is 9.59 Å². The third-order valence-corrected chi connectivity index (χ3v) is 7.46. The average molecular weight is 571 g/mol. The Kier molecular flexibility index (Phi) is 6.27. The van der Waals surface area contributed by atoms with E-state index in [9.17, 15) is 9.59 Å². The molecule has 0 bridgehead atoms. The molecule has 9 heteroatoms. The lowest BCUT2D eigenvalue weighted by Gasteiger charge is -2.18. The van der Waals surface area contributed by atoms with Gasteiger partial charge in [-0.2, -0.15) is 5.01 Å². The summed E-state index contributed by atoms with van der Waals surface area (Å²) in [4.78, 5) is 31.4. The minimum atomic E-state index is -0.511. The van der Waals surface area contributed by atoms with Crippen LogP contribution in [-0.2, 0) is 4.79 Å². The first-order chi connectivity index (χ1) is 16.4. The van der Waals surface area contributed by atoms with Crippen LogP contribution in [0, 0.1) is 0 Å². The molecule has 0 fully saturated rings. The SMILES string of the molecule is O=C(NN1C(=O)/C(=C/c2cccc(Br)c2)N=C1c1ccccc1)c1sc2ccc(Cl)cc2c1Cl. The number of hydrogen-bond donors (Lipinski definition) is 1. The van der Waals surface area contributed by atoms with E-state index >= 15 is 0 Å². The molecule has 0 atom stereocenters. The van der Waals surface area contributed by atoms with Crippen LogP contribution in [0.3, 0.4) is 0 Å². The van der Waals surface area contributed by atoms with E-state index in [0.717, 1.165) is 19.7 Å². The Labute approximate surface area is 217 Å². The Morgan fingerprint density at radius 1 is 1.03 bits per heavy atom. The Bertz CT molecular complexity index is 1520. The maximum atomic E-state index is 13.3. The van der Waals surface area contributed by atoms with Crippen LogP contribution in [0.4, 0.5) is 0 Å². The number of aliphatic imine (C=N–C) groups is 1. The summed E-state index contributed by atoms with van der Waals surface area (Å²) in [5.41, 5.74) is 4.38. The molecule has 5 nitrogen and oxygen atoms in total. The number of nitrogens with one attached hydrogen (secondary N) is 1. The van der Waals surface area contributed by atoms with E-state index in [-0.39, 0.29) is 15.6 Å². The molecule has 1 aliphatic rings. The highest BCUT2D eigenvalue weighted by atomic mass is 79.9. The monoisotopic (exact) mass is 569 g/mol. The van der Waals surface area contributed by atoms with Gasteiger partial charge in [-0.3, -0.25) is 15.0 Å². The van der Waals surface area contributed by atoms with Gasteiger partial charge in [0.25, 0.3) is 11.8 Å². The van der Waals surface area contributed by atoms with E-state index in [2.05, 4.69) is 26.3 Å². The van der Waals surface area contributed by atoms with Crippen LogP contribution in [0.1, 0.15) is 20.8 Å². The van der Waals surface area contributed by atoms with E-state index in [1.807, 2.05) is 60.7 Å². The highest BCUT2D eigenvalue weighted by Crippen LogP contribution is 2.37. The molecule has 168 valence electrons. The largest absolute Gasteiger partial charge is 0.297 e. The predicted octanol–water partition coefficient (Wildman–Crippen LogP) is 6.95. The molecular formula is C25H14BrCl2N3O2S. The van der Waals surface area contributed by atoms with E-state index in [4.69, 9.17) is 23.2 Å². The molecule has 1 aliphatic heterocycles. The van der Waals surface area contributed by atoms with Crippen LogP contribution in [-0.4, -0.2) is 22.7 Å². The molecule has 1 aromatic heterocycles. The molecule has 0 aliphatic carbocycles. The average Bonchev–Trinajstić information content (AvgIpc) is 3.31. The third kappa shape index (κ3) is 4.40. The predicted molar refractivity (Wildman–Crippen MR) is 141 cm³/mol. The van der Waals surface area contributed by atoms with Gasteiger partial charge in [-0.1, -0.05) is 81.6 Å². The number of carbonyl (C=O) groups is 2. The Balaban J connectivity index is 1.52. The number of amidine groups is 1. The van der Waals surface area contributed by atoms with Crippen LogP contribution in [0.2, 0.25) is 10.0 Å². The van der Waals surface area contributed by atoms with E-state index in [1.54, 1.807) is 18.2 Å². The molecule has 34 heavy (non-hydrogen) atoms. The fraction of sp³-hybridized carbons (Fsp3) is 0. The van der Waals surface area contributed by atoms with Gasteiger partial charge < -0.3 is 0 Å². The van der Waals surface area contributed by atoms with Gasteiger partial charge in [0.2, 0.25) is 0 Å². The Hall–Kier alpha value is -2.97. The van der Waals surface area contributed by atoms with Crippen molar-refractivity contribution in [1.29, 1.82) is 0 Å².